The van der Waals surface area contributed by atoms with Crippen LogP contribution in [0.15, 0.2) is 22.7 Å². The molecule has 2 aromatic rings. The van der Waals surface area contributed by atoms with Crippen LogP contribution in [0.3, 0.4) is 0 Å². The smallest absolute Gasteiger partial charge is 0.234 e. The molecule has 0 fully saturated rings. The largest absolute Gasteiger partial charge is 0.338 e. The Kier molecular flexibility index (Phi) is 3.37. The zero-order chi connectivity index (χ0) is 15.1. The summed E-state index contributed by atoms with van der Waals surface area (Å²) >= 11 is 0. The number of nitrogens with zero attached hydrogens (tertiary/aromatic N) is 2. The topological polar surface area (TPSA) is 64.9 Å². The van der Waals surface area contributed by atoms with Gasteiger partial charge in [0.2, 0.25) is 11.7 Å². The molecule has 0 radical (unpaired) electrons. The number of benzene rings is 1. The minimum Gasteiger partial charge on any atom is -0.338 e. The van der Waals surface area contributed by atoms with Crippen molar-refractivity contribution < 1.29 is 13.3 Å². The third-order valence-electron chi connectivity index (χ3n) is 3.75. The van der Waals surface area contributed by atoms with Crippen molar-refractivity contribution in [2.24, 2.45) is 5.73 Å². The van der Waals surface area contributed by atoms with Gasteiger partial charge in [-0.05, 0) is 45.9 Å². The van der Waals surface area contributed by atoms with E-state index < -0.39 is 22.6 Å². The van der Waals surface area contributed by atoms with Crippen molar-refractivity contribution in [2.45, 2.75) is 38.6 Å². The summed E-state index contributed by atoms with van der Waals surface area (Å²) in [5.74, 6) is -1.31. The Morgan fingerprint density at radius 3 is 2.30 bits per heavy atom. The third-order valence-corrected chi connectivity index (χ3v) is 3.75. The van der Waals surface area contributed by atoms with Gasteiger partial charge in [-0.2, -0.15) is 4.98 Å². The molecule has 0 bridgehead atoms. The predicted molar refractivity (Wildman–Crippen MR) is 70.9 cm³/mol. The quantitative estimate of drug-likeness (QED) is 0.939. The van der Waals surface area contributed by atoms with E-state index in [9.17, 15) is 8.78 Å². The van der Waals surface area contributed by atoms with Gasteiger partial charge in [-0.1, -0.05) is 5.16 Å². The lowest BCUT2D eigenvalue weighted by Crippen LogP contribution is -2.50. The van der Waals surface area contributed by atoms with E-state index in [4.69, 9.17) is 10.3 Å². The summed E-state index contributed by atoms with van der Waals surface area (Å²) in [5, 5.41) is 3.81. The normalized spacial score (nSPS) is 12.8. The van der Waals surface area contributed by atoms with Crippen LogP contribution in [0.4, 0.5) is 8.78 Å². The zero-order valence-electron chi connectivity index (χ0n) is 11.9. The zero-order valence-corrected chi connectivity index (χ0v) is 11.9. The standard InChI is InChI=1S/C14H17F2N3O/c1-13(2,14(3,4)17)12-18-11(19-20-12)8-5-6-9(15)10(16)7-8/h5-7H,17H2,1-4H3. The van der Waals surface area contributed by atoms with Crippen molar-refractivity contribution in [1.82, 2.24) is 10.1 Å². The van der Waals surface area contributed by atoms with E-state index in [2.05, 4.69) is 10.1 Å². The molecule has 1 aromatic carbocycles. The molecule has 0 saturated carbocycles. The second-order valence-corrected chi connectivity index (χ2v) is 5.90. The van der Waals surface area contributed by atoms with Crippen LogP contribution in [0, 0.1) is 11.6 Å². The van der Waals surface area contributed by atoms with Gasteiger partial charge in [0.25, 0.3) is 0 Å². The molecule has 1 heterocycles. The molecule has 0 atom stereocenters. The van der Waals surface area contributed by atoms with Gasteiger partial charge in [0, 0.05) is 11.1 Å². The van der Waals surface area contributed by atoms with Gasteiger partial charge in [-0.25, -0.2) is 8.78 Å². The molecular formula is C14H17F2N3O. The highest BCUT2D eigenvalue weighted by atomic mass is 19.2. The van der Waals surface area contributed by atoms with Crippen LogP contribution in [0.25, 0.3) is 11.4 Å². The van der Waals surface area contributed by atoms with Gasteiger partial charge in [0.15, 0.2) is 11.6 Å². The highest BCUT2D eigenvalue weighted by Gasteiger charge is 2.40. The Labute approximate surface area is 116 Å². The Hall–Kier alpha value is -1.82. The summed E-state index contributed by atoms with van der Waals surface area (Å²) in [6, 6.07) is 3.46. The summed E-state index contributed by atoms with van der Waals surface area (Å²) in [7, 11) is 0. The lowest BCUT2D eigenvalue weighted by molar-refractivity contribution is 0.223. The Balaban J connectivity index is 2.41. The first-order valence-corrected chi connectivity index (χ1v) is 6.21. The van der Waals surface area contributed by atoms with E-state index in [1.54, 1.807) is 0 Å². The molecule has 4 nitrogen and oxygen atoms in total. The van der Waals surface area contributed by atoms with Crippen LogP contribution >= 0.6 is 0 Å². The molecule has 108 valence electrons. The molecule has 0 spiro atoms. The van der Waals surface area contributed by atoms with Crippen LogP contribution in [0.1, 0.15) is 33.6 Å². The molecule has 0 saturated heterocycles. The fraction of sp³-hybridized carbons (Fsp3) is 0.429. The minimum absolute atomic E-state index is 0.205. The number of hydrogen-bond donors (Lipinski definition) is 1. The molecule has 1 aromatic heterocycles. The molecule has 2 rings (SSSR count). The van der Waals surface area contributed by atoms with Gasteiger partial charge < -0.3 is 10.3 Å². The lowest BCUT2D eigenvalue weighted by Gasteiger charge is -2.34. The summed E-state index contributed by atoms with van der Waals surface area (Å²) < 4.78 is 31.3. The molecule has 0 aliphatic carbocycles. The molecule has 0 aliphatic rings. The fourth-order valence-electron chi connectivity index (χ4n) is 1.51. The van der Waals surface area contributed by atoms with Crippen LogP contribution < -0.4 is 5.73 Å². The van der Waals surface area contributed by atoms with Crippen LogP contribution in [0.5, 0.6) is 0 Å². The average Bonchev–Trinajstić information content (AvgIpc) is 2.81. The van der Waals surface area contributed by atoms with Crippen molar-refractivity contribution in [2.75, 3.05) is 0 Å². The van der Waals surface area contributed by atoms with Crippen molar-refractivity contribution in [3.8, 4) is 11.4 Å². The number of nitrogens with two attached hydrogens (primary N) is 1. The van der Waals surface area contributed by atoms with Crippen molar-refractivity contribution >= 4 is 0 Å². The highest BCUT2D eigenvalue weighted by molar-refractivity contribution is 5.54. The van der Waals surface area contributed by atoms with E-state index in [0.29, 0.717) is 11.5 Å². The summed E-state index contributed by atoms with van der Waals surface area (Å²) in [5.41, 5.74) is 5.31. The van der Waals surface area contributed by atoms with Crippen molar-refractivity contribution in [1.29, 1.82) is 0 Å². The maximum Gasteiger partial charge on any atom is 0.234 e. The monoisotopic (exact) mass is 281 g/mol. The van der Waals surface area contributed by atoms with Crippen LogP contribution in [-0.4, -0.2) is 15.7 Å². The van der Waals surface area contributed by atoms with E-state index in [1.165, 1.54) is 6.07 Å². The van der Waals surface area contributed by atoms with E-state index >= 15 is 0 Å². The maximum absolute atomic E-state index is 13.2. The van der Waals surface area contributed by atoms with Gasteiger partial charge in [0.05, 0.1) is 5.41 Å². The summed E-state index contributed by atoms with van der Waals surface area (Å²) in [6.07, 6.45) is 0. The van der Waals surface area contributed by atoms with Crippen LogP contribution in [-0.2, 0) is 5.41 Å². The summed E-state index contributed by atoms with van der Waals surface area (Å²) in [4.78, 5) is 4.24. The van der Waals surface area contributed by atoms with E-state index in [-0.39, 0.29) is 5.82 Å². The molecule has 2 N–H and O–H groups in total. The second-order valence-electron chi connectivity index (χ2n) is 5.90. The van der Waals surface area contributed by atoms with Gasteiger partial charge >= 0.3 is 0 Å². The highest BCUT2D eigenvalue weighted by Crippen LogP contribution is 2.33. The average molecular weight is 281 g/mol. The first-order chi connectivity index (χ1) is 9.13. The first kappa shape index (κ1) is 14.6. The molecule has 0 amide bonds. The fourth-order valence-corrected chi connectivity index (χ4v) is 1.51. The van der Waals surface area contributed by atoms with Gasteiger partial charge in [-0.3, -0.25) is 0 Å². The van der Waals surface area contributed by atoms with Crippen molar-refractivity contribution in [3.63, 3.8) is 0 Å². The summed E-state index contributed by atoms with van der Waals surface area (Å²) in [6.45, 7) is 7.48. The molecular weight excluding hydrogens is 264 g/mol. The van der Waals surface area contributed by atoms with Gasteiger partial charge in [-0.15, -0.1) is 0 Å². The first-order valence-electron chi connectivity index (χ1n) is 6.21. The number of aromatic nitrogens is 2. The third kappa shape index (κ3) is 2.43. The Bertz CT molecular complexity index is 630. The minimum atomic E-state index is -0.952. The SMILES string of the molecule is CC(C)(N)C(C)(C)c1nc(-c2ccc(F)c(F)c2)no1. The van der Waals surface area contributed by atoms with Crippen LogP contribution in [0.2, 0.25) is 0 Å². The molecule has 0 aliphatic heterocycles. The number of halogens is 2. The van der Waals surface area contributed by atoms with E-state index in [0.717, 1.165) is 12.1 Å². The Morgan fingerprint density at radius 2 is 1.75 bits per heavy atom. The lowest BCUT2D eigenvalue weighted by atomic mass is 9.75. The van der Waals surface area contributed by atoms with Crippen molar-refractivity contribution in [3.05, 3.63) is 35.7 Å². The molecule has 20 heavy (non-hydrogen) atoms. The number of hydrogen-bond acceptors (Lipinski definition) is 4. The predicted octanol–water partition coefficient (Wildman–Crippen LogP) is 3.03. The van der Waals surface area contributed by atoms with E-state index in [1.807, 2.05) is 27.7 Å². The molecule has 0 unspecified atom stereocenters. The Morgan fingerprint density at radius 1 is 1.10 bits per heavy atom. The number of rotatable bonds is 3. The maximum atomic E-state index is 13.2. The molecule has 6 heteroatoms. The van der Waals surface area contributed by atoms with Gasteiger partial charge in [0.1, 0.15) is 0 Å². The second kappa shape index (κ2) is 4.63.